The molecule has 0 radical (unpaired) electrons. The second-order valence-electron chi connectivity index (χ2n) is 7.92. The molecule has 1 fully saturated rings. The van der Waals surface area contributed by atoms with Crippen LogP contribution in [0.1, 0.15) is 31.7 Å². The third-order valence-corrected chi connectivity index (χ3v) is 5.91. The van der Waals surface area contributed by atoms with E-state index in [4.69, 9.17) is 9.47 Å². The molecule has 0 bridgehead atoms. The molecule has 0 unspecified atom stereocenters. The van der Waals surface area contributed by atoms with E-state index in [2.05, 4.69) is 43.0 Å². The molecule has 1 saturated heterocycles. The van der Waals surface area contributed by atoms with Crippen LogP contribution < -0.4 is 19.3 Å². The number of hydrogen-bond donors (Lipinski definition) is 2. The number of aliphatic hydroxyl groups is 1. The summed E-state index contributed by atoms with van der Waals surface area (Å²) in [4.78, 5) is 3.79. The molecule has 1 heterocycles. The van der Waals surface area contributed by atoms with Gasteiger partial charge in [0.25, 0.3) is 0 Å². The zero-order valence-electron chi connectivity index (χ0n) is 17.9. The van der Waals surface area contributed by atoms with Crippen LogP contribution in [-0.4, -0.2) is 57.7 Å². The molecule has 1 aliphatic rings. The van der Waals surface area contributed by atoms with Crippen molar-refractivity contribution in [3.63, 3.8) is 0 Å². The summed E-state index contributed by atoms with van der Waals surface area (Å²) in [5.74, 6) is 2.28. The largest absolute Gasteiger partial charge is 0.495 e. The minimum Gasteiger partial charge on any atom is -0.495 e. The summed E-state index contributed by atoms with van der Waals surface area (Å²) in [6, 6.07) is 16.3. The van der Waals surface area contributed by atoms with Gasteiger partial charge in [-0.3, -0.25) is 0 Å². The maximum Gasteiger partial charge on any atom is 0.142 e. The van der Waals surface area contributed by atoms with E-state index in [0.717, 1.165) is 49.8 Å². The van der Waals surface area contributed by atoms with E-state index in [1.807, 2.05) is 24.3 Å². The van der Waals surface area contributed by atoms with Gasteiger partial charge >= 0.3 is 0 Å². The van der Waals surface area contributed by atoms with Crippen LogP contribution in [-0.2, 0) is 0 Å². The molecule has 3 rings (SSSR count). The minimum absolute atomic E-state index is 0.340. The normalized spacial score (nSPS) is 17.0. The quantitative estimate of drug-likeness (QED) is 0.680. The van der Waals surface area contributed by atoms with Crippen molar-refractivity contribution in [2.75, 3.05) is 51.3 Å². The number of nitrogens with zero attached hydrogens (tertiary/aromatic N) is 1. The van der Waals surface area contributed by atoms with Crippen LogP contribution in [0, 0.1) is 0 Å². The highest BCUT2D eigenvalue weighted by molar-refractivity contribution is 5.58. The first-order valence-corrected chi connectivity index (χ1v) is 10.7. The first-order valence-electron chi connectivity index (χ1n) is 10.7. The Kier molecular flexibility index (Phi) is 7.78. The number of methoxy groups -OCH3 is 1. The molecule has 2 atom stereocenters. The average Bonchev–Trinajstić information content (AvgIpc) is 2.78. The van der Waals surface area contributed by atoms with Gasteiger partial charge in [0.05, 0.1) is 39.0 Å². The number of benzene rings is 2. The van der Waals surface area contributed by atoms with Gasteiger partial charge in [-0.2, -0.15) is 0 Å². The van der Waals surface area contributed by atoms with Crippen LogP contribution in [0.2, 0.25) is 0 Å². The van der Waals surface area contributed by atoms with E-state index in [9.17, 15) is 5.11 Å². The van der Waals surface area contributed by atoms with Gasteiger partial charge in [0.1, 0.15) is 30.8 Å². The molecule has 29 heavy (non-hydrogen) atoms. The number of nitrogens with one attached hydrogen (secondary N) is 1. The minimum atomic E-state index is -0.465. The molecule has 1 aliphatic heterocycles. The summed E-state index contributed by atoms with van der Waals surface area (Å²) in [5.41, 5.74) is 2.37. The number of anilines is 1. The molecule has 0 amide bonds. The van der Waals surface area contributed by atoms with E-state index in [-0.39, 0.29) is 0 Å². The highest BCUT2D eigenvalue weighted by Crippen LogP contribution is 2.29. The number of aliphatic hydroxyl groups excluding tert-OH is 1. The molecule has 0 aliphatic carbocycles. The van der Waals surface area contributed by atoms with Gasteiger partial charge in [-0.1, -0.05) is 44.2 Å². The van der Waals surface area contributed by atoms with Crippen LogP contribution in [0.5, 0.6) is 11.5 Å². The second-order valence-corrected chi connectivity index (χ2v) is 7.92. The summed E-state index contributed by atoms with van der Waals surface area (Å²) < 4.78 is 11.5. The Labute approximate surface area is 174 Å². The Bertz CT molecular complexity index is 759. The summed E-state index contributed by atoms with van der Waals surface area (Å²) in [7, 11) is 1.72. The maximum atomic E-state index is 10.5. The van der Waals surface area contributed by atoms with Gasteiger partial charge in [-0.05, 0) is 36.1 Å². The zero-order valence-corrected chi connectivity index (χ0v) is 17.9. The van der Waals surface area contributed by atoms with Crippen molar-refractivity contribution in [2.45, 2.75) is 32.3 Å². The number of piperazine rings is 1. The topological polar surface area (TPSA) is 46.4 Å². The van der Waals surface area contributed by atoms with Crippen LogP contribution >= 0.6 is 0 Å². The summed E-state index contributed by atoms with van der Waals surface area (Å²) in [6.45, 7) is 9.37. The fourth-order valence-corrected chi connectivity index (χ4v) is 3.98. The van der Waals surface area contributed by atoms with Crippen molar-refractivity contribution >= 4 is 5.69 Å². The van der Waals surface area contributed by atoms with Gasteiger partial charge in [0, 0.05) is 0 Å². The van der Waals surface area contributed by atoms with Gasteiger partial charge in [0.15, 0.2) is 0 Å². The molecule has 2 aromatic carbocycles. The molecule has 0 saturated carbocycles. The molecule has 2 aromatic rings. The third-order valence-electron chi connectivity index (χ3n) is 5.91. The van der Waals surface area contributed by atoms with E-state index in [1.165, 1.54) is 10.5 Å². The van der Waals surface area contributed by atoms with Crippen LogP contribution in [0.15, 0.2) is 48.5 Å². The summed E-state index contributed by atoms with van der Waals surface area (Å²) in [5, 5.41) is 10.5. The number of hydrogen-bond acceptors (Lipinski definition) is 4. The van der Waals surface area contributed by atoms with Gasteiger partial charge in [0.2, 0.25) is 0 Å². The smallest absolute Gasteiger partial charge is 0.142 e. The number of para-hydroxylation sites is 3. The summed E-state index contributed by atoms with van der Waals surface area (Å²) in [6.07, 6.45) is 0.608. The molecule has 0 spiro atoms. The van der Waals surface area contributed by atoms with Gasteiger partial charge in [-0.15, -0.1) is 0 Å². The predicted octanol–water partition coefficient (Wildman–Crippen LogP) is 2.35. The van der Waals surface area contributed by atoms with Gasteiger partial charge in [-0.25, -0.2) is 0 Å². The first-order chi connectivity index (χ1) is 14.1. The highest BCUT2D eigenvalue weighted by atomic mass is 16.5. The molecule has 5 nitrogen and oxygen atoms in total. The van der Waals surface area contributed by atoms with Crippen LogP contribution in [0.4, 0.5) is 5.69 Å². The second kappa shape index (κ2) is 10.5. The Balaban J connectivity index is 1.47. The highest BCUT2D eigenvalue weighted by Gasteiger charge is 2.24. The molecular weight excluding hydrogens is 364 g/mol. The van der Waals surface area contributed by atoms with Crippen molar-refractivity contribution in [2.24, 2.45) is 0 Å². The van der Waals surface area contributed by atoms with Crippen molar-refractivity contribution in [1.82, 2.24) is 0 Å². The van der Waals surface area contributed by atoms with Crippen molar-refractivity contribution in [1.29, 1.82) is 0 Å². The zero-order chi connectivity index (χ0) is 20.6. The standard InChI is InChI=1S/C24H34N2O3/c1-4-19(2)21-9-5-7-11-23(21)29-18-20(27)17-25-13-15-26(16-14-25)22-10-6-8-12-24(22)28-3/h5-12,19-20,27H,4,13-18H2,1-3H3/p+1/t19-,20+/m1/s1. The Morgan fingerprint density at radius 1 is 1.03 bits per heavy atom. The fraction of sp³-hybridized carbons (Fsp3) is 0.500. The number of rotatable bonds is 9. The van der Waals surface area contributed by atoms with Crippen LogP contribution in [0.3, 0.4) is 0 Å². The lowest BCUT2D eigenvalue weighted by molar-refractivity contribution is -0.903. The van der Waals surface area contributed by atoms with E-state index in [1.54, 1.807) is 7.11 Å². The Morgan fingerprint density at radius 3 is 2.38 bits per heavy atom. The molecule has 5 heteroatoms. The lowest BCUT2D eigenvalue weighted by atomic mass is 9.98. The Morgan fingerprint density at radius 2 is 1.69 bits per heavy atom. The van der Waals surface area contributed by atoms with E-state index < -0.39 is 6.10 Å². The van der Waals surface area contributed by atoms with Crippen molar-refractivity contribution < 1.29 is 19.5 Å². The fourth-order valence-electron chi connectivity index (χ4n) is 3.98. The van der Waals surface area contributed by atoms with Crippen molar-refractivity contribution in [3.8, 4) is 11.5 Å². The molecule has 2 N–H and O–H groups in total. The monoisotopic (exact) mass is 399 g/mol. The lowest BCUT2D eigenvalue weighted by Gasteiger charge is -2.35. The Hall–Kier alpha value is -2.24. The SMILES string of the molecule is CC[C@@H](C)c1ccccc1OC[C@@H](O)C[NH+]1CCN(c2ccccc2OC)CC1. The maximum absolute atomic E-state index is 10.5. The van der Waals surface area contributed by atoms with Gasteiger partial charge < -0.3 is 24.4 Å². The third kappa shape index (κ3) is 5.64. The first kappa shape index (κ1) is 21.5. The molecular formula is C24H35N2O3+. The van der Waals surface area contributed by atoms with E-state index >= 15 is 0 Å². The number of quaternary nitrogens is 1. The predicted molar refractivity (Wildman–Crippen MR) is 117 cm³/mol. The number of ether oxygens (including phenoxy) is 2. The van der Waals surface area contributed by atoms with Crippen molar-refractivity contribution in [3.05, 3.63) is 54.1 Å². The summed E-state index contributed by atoms with van der Waals surface area (Å²) >= 11 is 0. The molecule has 158 valence electrons. The molecule has 0 aromatic heterocycles. The lowest BCUT2D eigenvalue weighted by Crippen LogP contribution is -3.16. The average molecular weight is 400 g/mol. The van der Waals surface area contributed by atoms with Crippen LogP contribution in [0.25, 0.3) is 0 Å². The van der Waals surface area contributed by atoms with E-state index in [0.29, 0.717) is 19.1 Å².